The van der Waals surface area contributed by atoms with E-state index in [1.165, 1.54) is 0 Å². The minimum Gasteiger partial charge on any atom is -0.324 e. The summed E-state index contributed by atoms with van der Waals surface area (Å²) in [4.78, 5) is 4.61. The molecule has 2 nitrogen and oxygen atoms in total. The summed E-state index contributed by atoms with van der Waals surface area (Å²) in [6.07, 6.45) is 1.88. The Hall–Kier alpha value is -0.360. The monoisotopic (exact) mass is 378 g/mol. The van der Waals surface area contributed by atoms with Crippen LogP contribution in [0.5, 0.6) is 0 Å². The van der Waals surface area contributed by atoms with Crippen molar-refractivity contribution in [1.82, 2.24) is 9.55 Å². The maximum absolute atomic E-state index is 13.7. The highest BCUT2D eigenvalue weighted by Gasteiger charge is 2.36. The van der Waals surface area contributed by atoms with E-state index in [-0.39, 0.29) is 5.82 Å². The number of hydrogen-bond donors (Lipinski definition) is 0. The standard InChI is InChI=1S/C13H13ClFIN2/c1-7-4-11(7)18-12-5-8(15)9(16)6-10(12)17-13(18)2-3-14/h5-7,11H,2-4H2,1H3. The van der Waals surface area contributed by atoms with Gasteiger partial charge in [0.1, 0.15) is 11.6 Å². The normalized spacial score (nSPS) is 22.7. The van der Waals surface area contributed by atoms with E-state index in [1.54, 1.807) is 6.07 Å². The van der Waals surface area contributed by atoms with Crippen LogP contribution in [0.2, 0.25) is 0 Å². The Kier molecular flexibility index (Phi) is 3.26. The summed E-state index contributed by atoms with van der Waals surface area (Å²) in [6.45, 7) is 2.21. The lowest BCUT2D eigenvalue weighted by molar-refractivity contribution is 0.618. The molecule has 5 heteroatoms. The first kappa shape index (κ1) is 12.7. The van der Waals surface area contributed by atoms with E-state index >= 15 is 0 Å². The lowest BCUT2D eigenvalue weighted by Crippen LogP contribution is -2.03. The molecule has 1 fully saturated rings. The van der Waals surface area contributed by atoms with Crippen LogP contribution in [-0.2, 0) is 6.42 Å². The van der Waals surface area contributed by atoms with Gasteiger partial charge in [-0.3, -0.25) is 0 Å². The van der Waals surface area contributed by atoms with Gasteiger partial charge in [0, 0.05) is 24.4 Å². The smallest absolute Gasteiger partial charge is 0.138 e. The van der Waals surface area contributed by atoms with E-state index in [9.17, 15) is 4.39 Å². The Balaban J connectivity index is 2.21. The molecule has 2 atom stereocenters. The second-order valence-corrected chi connectivity index (χ2v) is 6.41. The molecule has 0 radical (unpaired) electrons. The summed E-state index contributed by atoms with van der Waals surface area (Å²) in [5, 5.41) is 0. The SMILES string of the molecule is CC1CC1n1c(CCCl)nc2cc(I)c(F)cc21. The van der Waals surface area contributed by atoms with Gasteiger partial charge in [-0.1, -0.05) is 6.92 Å². The molecule has 0 amide bonds. The molecule has 18 heavy (non-hydrogen) atoms. The zero-order chi connectivity index (χ0) is 12.9. The molecule has 0 saturated heterocycles. The lowest BCUT2D eigenvalue weighted by Gasteiger charge is -2.07. The number of alkyl halides is 1. The van der Waals surface area contributed by atoms with Gasteiger partial charge in [-0.15, -0.1) is 11.6 Å². The van der Waals surface area contributed by atoms with Gasteiger partial charge >= 0.3 is 0 Å². The third-order valence-corrected chi connectivity index (χ3v) is 4.54. The summed E-state index contributed by atoms with van der Waals surface area (Å²) in [7, 11) is 0. The molecule has 96 valence electrons. The third-order valence-electron chi connectivity index (χ3n) is 3.52. The van der Waals surface area contributed by atoms with Crippen LogP contribution in [0.3, 0.4) is 0 Å². The molecule has 1 aliphatic carbocycles. The van der Waals surface area contributed by atoms with E-state index in [0.717, 1.165) is 29.7 Å². The quantitative estimate of drug-likeness (QED) is 0.580. The van der Waals surface area contributed by atoms with Crippen LogP contribution in [-0.4, -0.2) is 15.4 Å². The molecule has 2 unspecified atom stereocenters. The fourth-order valence-corrected chi connectivity index (χ4v) is 3.05. The molecule has 0 bridgehead atoms. The fraction of sp³-hybridized carbons (Fsp3) is 0.462. The van der Waals surface area contributed by atoms with Crippen molar-refractivity contribution in [2.45, 2.75) is 25.8 Å². The molecule has 1 heterocycles. The first-order chi connectivity index (χ1) is 8.61. The summed E-state index contributed by atoms with van der Waals surface area (Å²) in [6, 6.07) is 3.88. The number of benzene rings is 1. The highest BCUT2D eigenvalue weighted by atomic mass is 127. The minimum atomic E-state index is -0.171. The van der Waals surface area contributed by atoms with Crippen LogP contribution in [0, 0.1) is 15.3 Å². The highest BCUT2D eigenvalue weighted by Crippen LogP contribution is 2.45. The Morgan fingerprint density at radius 1 is 1.56 bits per heavy atom. The van der Waals surface area contributed by atoms with Crippen LogP contribution in [0.1, 0.15) is 25.2 Å². The van der Waals surface area contributed by atoms with Crippen LogP contribution in [0.15, 0.2) is 12.1 Å². The second kappa shape index (κ2) is 4.63. The van der Waals surface area contributed by atoms with Gasteiger partial charge in [-0.25, -0.2) is 9.37 Å². The molecule has 0 aliphatic heterocycles. The molecule has 3 rings (SSSR count). The summed E-state index contributed by atoms with van der Waals surface area (Å²) >= 11 is 7.83. The highest BCUT2D eigenvalue weighted by molar-refractivity contribution is 14.1. The molecule has 2 aromatic rings. The predicted octanol–water partition coefficient (Wildman–Crippen LogP) is 4.14. The molecule has 1 saturated carbocycles. The zero-order valence-corrected chi connectivity index (χ0v) is 12.9. The average molecular weight is 379 g/mol. The average Bonchev–Trinajstić information content (AvgIpc) is 2.92. The molecular formula is C13H13ClFIN2. The third kappa shape index (κ3) is 2.03. The fourth-order valence-electron chi connectivity index (χ4n) is 2.43. The number of rotatable bonds is 3. The van der Waals surface area contributed by atoms with Gasteiger partial charge in [0.05, 0.1) is 14.6 Å². The number of hydrogen-bond acceptors (Lipinski definition) is 1. The van der Waals surface area contributed by atoms with Crippen molar-refractivity contribution in [2.24, 2.45) is 5.92 Å². The number of fused-ring (bicyclic) bond motifs is 1. The van der Waals surface area contributed by atoms with E-state index < -0.39 is 0 Å². The summed E-state index contributed by atoms with van der Waals surface area (Å²) in [5.74, 6) is 2.01. The van der Waals surface area contributed by atoms with E-state index in [0.29, 0.717) is 21.4 Å². The summed E-state index contributed by atoms with van der Waals surface area (Å²) < 4.78 is 16.5. The van der Waals surface area contributed by atoms with E-state index in [4.69, 9.17) is 11.6 Å². The molecule has 1 aliphatic rings. The Morgan fingerprint density at radius 2 is 2.28 bits per heavy atom. The second-order valence-electron chi connectivity index (χ2n) is 4.87. The maximum Gasteiger partial charge on any atom is 0.138 e. The Labute approximate surface area is 124 Å². The number of halogens is 3. The van der Waals surface area contributed by atoms with Crippen LogP contribution in [0.4, 0.5) is 4.39 Å². The molecule has 0 N–H and O–H groups in total. The lowest BCUT2D eigenvalue weighted by atomic mass is 10.3. The number of imidazole rings is 1. The van der Waals surface area contributed by atoms with Gasteiger partial charge in [0.25, 0.3) is 0 Å². The first-order valence-corrected chi connectivity index (χ1v) is 7.65. The maximum atomic E-state index is 13.7. The molecule has 1 aromatic heterocycles. The van der Waals surface area contributed by atoms with Crippen LogP contribution in [0.25, 0.3) is 11.0 Å². The zero-order valence-electron chi connectivity index (χ0n) is 9.96. The first-order valence-electron chi connectivity index (χ1n) is 6.03. The number of nitrogens with zero attached hydrogens (tertiary/aromatic N) is 2. The number of aromatic nitrogens is 2. The van der Waals surface area contributed by atoms with Crippen LogP contribution >= 0.6 is 34.2 Å². The van der Waals surface area contributed by atoms with Crippen molar-refractivity contribution in [3.05, 3.63) is 27.3 Å². The van der Waals surface area contributed by atoms with Gasteiger partial charge in [-0.05, 0) is 41.0 Å². The molecule has 0 spiro atoms. The predicted molar refractivity (Wildman–Crippen MR) is 79.7 cm³/mol. The van der Waals surface area contributed by atoms with Crippen molar-refractivity contribution in [1.29, 1.82) is 0 Å². The van der Waals surface area contributed by atoms with E-state index in [2.05, 4.69) is 16.5 Å². The van der Waals surface area contributed by atoms with Crippen molar-refractivity contribution in [3.8, 4) is 0 Å². The summed E-state index contributed by atoms with van der Waals surface area (Å²) in [5.41, 5.74) is 1.78. The van der Waals surface area contributed by atoms with Gasteiger partial charge < -0.3 is 4.57 Å². The topological polar surface area (TPSA) is 17.8 Å². The largest absolute Gasteiger partial charge is 0.324 e. The van der Waals surface area contributed by atoms with Gasteiger partial charge in [0.15, 0.2) is 0 Å². The Bertz CT molecular complexity index is 611. The van der Waals surface area contributed by atoms with Crippen molar-refractivity contribution >= 4 is 45.2 Å². The molecule has 1 aromatic carbocycles. The van der Waals surface area contributed by atoms with Crippen molar-refractivity contribution in [2.75, 3.05) is 5.88 Å². The Morgan fingerprint density at radius 3 is 2.89 bits per heavy atom. The number of aryl methyl sites for hydroxylation is 1. The van der Waals surface area contributed by atoms with Crippen molar-refractivity contribution < 1.29 is 4.39 Å². The van der Waals surface area contributed by atoms with Gasteiger partial charge in [0.2, 0.25) is 0 Å². The van der Waals surface area contributed by atoms with Gasteiger partial charge in [-0.2, -0.15) is 0 Å². The molecular weight excluding hydrogens is 366 g/mol. The van der Waals surface area contributed by atoms with E-state index in [1.807, 2.05) is 28.7 Å². The minimum absolute atomic E-state index is 0.171. The van der Waals surface area contributed by atoms with Crippen molar-refractivity contribution in [3.63, 3.8) is 0 Å². The van der Waals surface area contributed by atoms with Crippen LogP contribution < -0.4 is 0 Å².